The molecule has 1 aromatic rings. The molecule has 1 aromatic heterocycles. The Morgan fingerprint density at radius 2 is 2.24 bits per heavy atom. The summed E-state index contributed by atoms with van der Waals surface area (Å²) < 4.78 is 9.68. The summed E-state index contributed by atoms with van der Waals surface area (Å²) in [4.78, 5) is 35.5. The minimum atomic E-state index is -1.16. The van der Waals surface area contributed by atoms with Gasteiger partial charge in [-0.1, -0.05) is 0 Å². The number of esters is 1. The van der Waals surface area contributed by atoms with Gasteiger partial charge in [-0.05, 0) is 18.6 Å². The number of amides is 2. The van der Waals surface area contributed by atoms with E-state index in [1.54, 1.807) is 0 Å². The van der Waals surface area contributed by atoms with Gasteiger partial charge in [-0.25, -0.2) is 9.59 Å². The number of rotatable bonds is 4. The van der Waals surface area contributed by atoms with Crippen molar-refractivity contribution in [2.75, 3.05) is 20.2 Å². The number of carbonyl (C=O) groups excluding carboxylic acids is 2. The van der Waals surface area contributed by atoms with E-state index in [0.717, 1.165) is 0 Å². The number of carboxylic acids is 1. The molecule has 0 spiro atoms. The highest BCUT2D eigenvalue weighted by Gasteiger charge is 2.31. The second-order valence-corrected chi connectivity index (χ2v) is 4.68. The number of aromatic carboxylic acids is 1. The molecule has 0 saturated carbocycles. The molecule has 8 heteroatoms. The van der Waals surface area contributed by atoms with Crippen LogP contribution in [0, 0.1) is 5.92 Å². The molecule has 2 rings (SSSR count). The lowest BCUT2D eigenvalue weighted by atomic mass is 10.1. The lowest BCUT2D eigenvalue weighted by Crippen LogP contribution is -2.38. The normalized spacial score (nSPS) is 17.6. The van der Waals surface area contributed by atoms with Gasteiger partial charge in [0.1, 0.15) is 5.76 Å². The fourth-order valence-corrected chi connectivity index (χ4v) is 2.17. The topological polar surface area (TPSA) is 109 Å². The van der Waals surface area contributed by atoms with Gasteiger partial charge in [0.15, 0.2) is 0 Å². The predicted molar refractivity (Wildman–Crippen MR) is 69.6 cm³/mol. The SMILES string of the molecule is COC(=O)C1CCN(C(=O)NCc2ccc(C(=O)O)o2)C1. The van der Waals surface area contributed by atoms with Crippen molar-refractivity contribution in [3.05, 3.63) is 23.7 Å². The van der Waals surface area contributed by atoms with E-state index < -0.39 is 5.97 Å². The molecule has 0 bridgehead atoms. The lowest BCUT2D eigenvalue weighted by Gasteiger charge is -2.16. The van der Waals surface area contributed by atoms with Crippen LogP contribution in [0.1, 0.15) is 22.7 Å². The largest absolute Gasteiger partial charge is 0.475 e. The van der Waals surface area contributed by atoms with Crippen molar-refractivity contribution < 1.29 is 28.6 Å². The molecule has 0 aromatic carbocycles. The van der Waals surface area contributed by atoms with Crippen molar-refractivity contribution in [1.29, 1.82) is 0 Å². The molecule has 1 aliphatic rings. The minimum Gasteiger partial charge on any atom is -0.475 e. The Balaban J connectivity index is 1.82. The molecule has 114 valence electrons. The zero-order chi connectivity index (χ0) is 15.4. The second-order valence-electron chi connectivity index (χ2n) is 4.68. The highest BCUT2D eigenvalue weighted by atomic mass is 16.5. The van der Waals surface area contributed by atoms with Gasteiger partial charge >= 0.3 is 18.0 Å². The summed E-state index contributed by atoms with van der Waals surface area (Å²) in [7, 11) is 1.32. The molecule has 2 heterocycles. The molecule has 1 unspecified atom stereocenters. The second kappa shape index (κ2) is 6.29. The van der Waals surface area contributed by atoms with E-state index >= 15 is 0 Å². The summed E-state index contributed by atoms with van der Waals surface area (Å²) in [5.74, 6) is -1.59. The van der Waals surface area contributed by atoms with E-state index in [0.29, 0.717) is 25.3 Å². The quantitative estimate of drug-likeness (QED) is 0.791. The van der Waals surface area contributed by atoms with E-state index in [9.17, 15) is 14.4 Å². The molecule has 2 amide bonds. The van der Waals surface area contributed by atoms with Crippen LogP contribution in [0.4, 0.5) is 4.79 Å². The third-order valence-corrected chi connectivity index (χ3v) is 3.30. The molecule has 2 N–H and O–H groups in total. The van der Waals surface area contributed by atoms with Gasteiger partial charge in [-0.15, -0.1) is 0 Å². The molecule has 21 heavy (non-hydrogen) atoms. The predicted octanol–water partition coefficient (Wildman–Crippen LogP) is 0.682. The van der Waals surface area contributed by atoms with Gasteiger partial charge in [-0.2, -0.15) is 0 Å². The first-order chi connectivity index (χ1) is 10.0. The molecule has 1 atom stereocenters. The van der Waals surface area contributed by atoms with Crippen LogP contribution in [0.3, 0.4) is 0 Å². The maximum atomic E-state index is 11.9. The number of likely N-dealkylation sites (tertiary alicyclic amines) is 1. The zero-order valence-corrected chi connectivity index (χ0v) is 11.5. The molecule has 0 aliphatic carbocycles. The van der Waals surface area contributed by atoms with Crippen LogP contribution in [0.25, 0.3) is 0 Å². The lowest BCUT2D eigenvalue weighted by molar-refractivity contribution is -0.144. The van der Waals surface area contributed by atoms with Gasteiger partial charge in [0.2, 0.25) is 5.76 Å². The number of carboxylic acid groups (broad SMARTS) is 1. The Bertz CT molecular complexity index is 553. The maximum Gasteiger partial charge on any atom is 0.371 e. The summed E-state index contributed by atoms with van der Waals surface area (Å²) in [5.41, 5.74) is 0. The van der Waals surface area contributed by atoms with Crippen molar-refractivity contribution in [3.63, 3.8) is 0 Å². The first-order valence-electron chi connectivity index (χ1n) is 6.44. The third-order valence-electron chi connectivity index (χ3n) is 3.30. The number of ether oxygens (including phenoxy) is 1. The maximum absolute atomic E-state index is 11.9. The third kappa shape index (κ3) is 3.53. The highest BCUT2D eigenvalue weighted by Crippen LogP contribution is 2.17. The van der Waals surface area contributed by atoms with Gasteiger partial charge in [-0.3, -0.25) is 4.79 Å². The summed E-state index contributed by atoms with van der Waals surface area (Å²) in [5, 5.41) is 11.3. The number of hydrogen-bond donors (Lipinski definition) is 2. The number of hydrogen-bond acceptors (Lipinski definition) is 5. The number of furan rings is 1. The van der Waals surface area contributed by atoms with Crippen LogP contribution in [0.15, 0.2) is 16.5 Å². The number of urea groups is 1. The van der Waals surface area contributed by atoms with Crippen molar-refractivity contribution in [2.45, 2.75) is 13.0 Å². The van der Waals surface area contributed by atoms with Gasteiger partial charge in [0.05, 0.1) is 19.6 Å². The number of nitrogens with zero attached hydrogens (tertiary/aromatic N) is 1. The van der Waals surface area contributed by atoms with Crippen molar-refractivity contribution in [1.82, 2.24) is 10.2 Å². The molecule has 1 fully saturated rings. The Hall–Kier alpha value is -2.51. The Labute approximate surface area is 120 Å². The van der Waals surface area contributed by atoms with Gasteiger partial charge < -0.3 is 24.5 Å². The highest BCUT2D eigenvalue weighted by molar-refractivity contribution is 5.84. The summed E-state index contributed by atoms with van der Waals surface area (Å²) in [6, 6.07) is 2.49. The Morgan fingerprint density at radius 1 is 1.48 bits per heavy atom. The summed E-state index contributed by atoms with van der Waals surface area (Å²) in [6.07, 6.45) is 0.573. The van der Waals surface area contributed by atoms with Crippen molar-refractivity contribution in [2.24, 2.45) is 5.92 Å². The Kier molecular flexibility index (Phi) is 4.46. The average molecular weight is 296 g/mol. The van der Waals surface area contributed by atoms with Gasteiger partial charge in [0, 0.05) is 13.1 Å². The molecule has 1 aliphatic heterocycles. The van der Waals surface area contributed by atoms with Crippen LogP contribution in [0.2, 0.25) is 0 Å². The smallest absolute Gasteiger partial charge is 0.371 e. The Morgan fingerprint density at radius 3 is 2.86 bits per heavy atom. The fourth-order valence-electron chi connectivity index (χ4n) is 2.17. The number of nitrogens with one attached hydrogen (secondary N) is 1. The summed E-state index contributed by atoms with van der Waals surface area (Å²) >= 11 is 0. The van der Waals surface area contributed by atoms with E-state index in [1.807, 2.05) is 0 Å². The molecular weight excluding hydrogens is 280 g/mol. The van der Waals surface area contributed by atoms with E-state index in [2.05, 4.69) is 10.1 Å². The van der Waals surface area contributed by atoms with Crippen molar-refractivity contribution >= 4 is 18.0 Å². The van der Waals surface area contributed by atoms with Crippen LogP contribution < -0.4 is 5.32 Å². The first kappa shape index (κ1) is 14.9. The van der Waals surface area contributed by atoms with Crippen LogP contribution in [-0.4, -0.2) is 48.2 Å². The van der Waals surface area contributed by atoms with E-state index in [-0.39, 0.29) is 30.2 Å². The van der Waals surface area contributed by atoms with Crippen molar-refractivity contribution in [3.8, 4) is 0 Å². The summed E-state index contributed by atoms with van der Waals surface area (Å²) in [6.45, 7) is 0.882. The molecule has 8 nitrogen and oxygen atoms in total. The van der Waals surface area contributed by atoms with Gasteiger partial charge in [0.25, 0.3) is 0 Å². The molecule has 1 saturated heterocycles. The monoisotopic (exact) mass is 296 g/mol. The average Bonchev–Trinajstić information content (AvgIpc) is 3.12. The first-order valence-corrected chi connectivity index (χ1v) is 6.44. The van der Waals surface area contributed by atoms with Crippen LogP contribution in [-0.2, 0) is 16.1 Å². The molecule has 0 radical (unpaired) electrons. The van der Waals surface area contributed by atoms with E-state index in [1.165, 1.54) is 24.1 Å². The molecular formula is C13H16N2O6. The number of methoxy groups -OCH3 is 1. The fraction of sp³-hybridized carbons (Fsp3) is 0.462. The standard InChI is InChI=1S/C13H16N2O6/c1-20-12(18)8-4-5-15(7-8)13(19)14-6-9-2-3-10(21-9)11(16)17/h2-3,8H,4-7H2,1H3,(H,14,19)(H,16,17). The minimum absolute atomic E-state index is 0.0888. The van der Waals surface area contributed by atoms with Crippen LogP contribution in [0.5, 0.6) is 0 Å². The van der Waals surface area contributed by atoms with Crippen LogP contribution >= 0.6 is 0 Å². The number of carbonyl (C=O) groups is 3. The zero-order valence-electron chi connectivity index (χ0n) is 11.5. The van der Waals surface area contributed by atoms with E-state index in [4.69, 9.17) is 9.52 Å².